The molecule has 0 amide bonds. The van der Waals surface area contributed by atoms with Crippen LogP contribution in [0.25, 0.3) is 11.3 Å². The number of sulfone groups is 1. The maximum absolute atomic E-state index is 11.1. The molecule has 1 saturated heterocycles. The monoisotopic (exact) mass is 293 g/mol. The Bertz CT molecular complexity index is 720. The standard InChI is InChI=1S/C13H15N3O3S/c1-16-13(14)6-12(15-16)9-3-2-4-10(5-9)19-11-7-20(17,18)8-11/h2-6,11H,7-8,14H2,1H3. The van der Waals surface area contributed by atoms with E-state index in [1.54, 1.807) is 23.9 Å². The Balaban J connectivity index is 1.79. The van der Waals surface area contributed by atoms with Crippen LogP contribution in [0, 0.1) is 0 Å². The topological polar surface area (TPSA) is 87.2 Å². The molecule has 6 nitrogen and oxygen atoms in total. The number of hydrogen-bond donors (Lipinski definition) is 1. The van der Waals surface area contributed by atoms with Gasteiger partial charge in [0.1, 0.15) is 17.7 Å². The Morgan fingerprint density at radius 3 is 2.70 bits per heavy atom. The lowest BCUT2D eigenvalue weighted by Gasteiger charge is -2.26. The molecule has 0 radical (unpaired) electrons. The van der Waals surface area contributed by atoms with Gasteiger partial charge in [-0.1, -0.05) is 12.1 Å². The summed E-state index contributed by atoms with van der Waals surface area (Å²) in [4.78, 5) is 0. The first kappa shape index (κ1) is 13.0. The zero-order chi connectivity index (χ0) is 14.3. The van der Waals surface area contributed by atoms with Crippen LogP contribution in [0.3, 0.4) is 0 Å². The largest absolute Gasteiger partial charge is 0.488 e. The second kappa shape index (κ2) is 4.52. The van der Waals surface area contributed by atoms with Crippen molar-refractivity contribution in [1.82, 2.24) is 9.78 Å². The number of nitrogens with two attached hydrogens (primary N) is 1. The van der Waals surface area contributed by atoms with E-state index in [9.17, 15) is 8.42 Å². The van der Waals surface area contributed by atoms with Crippen LogP contribution in [0.15, 0.2) is 30.3 Å². The van der Waals surface area contributed by atoms with Gasteiger partial charge in [0.15, 0.2) is 9.84 Å². The quantitative estimate of drug-likeness (QED) is 0.906. The van der Waals surface area contributed by atoms with Crippen LogP contribution in [0.4, 0.5) is 5.82 Å². The van der Waals surface area contributed by atoms with Crippen molar-refractivity contribution >= 4 is 15.7 Å². The van der Waals surface area contributed by atoms with Crippen molar-refractivity contribution in [1.29, 1.82) is 0 Å². The van der Waals surface area contributed by atoms with E-state index in [1.807, 2.05) is 18.2 Å². The molecule has 106 valence electrons. The molecule has 0 aliphatic carbocycles. The lowest BCUT2D eigenvalue weighted by Crippen LogP contribution is -2.45. The molecule has 2 N–H and O–H groups in total. The molecule has 7 heteroatoms. The van der Waals surface area contributed by atoms with E-state index in [0.717, 1.165) is 11.3 Å². The zero-order valence-corrected chi connectivity index (χ0v) is 11.8. The van der Waals surface area contributed by atoms with Gasteiger partial charge in [-0.15, -0.1) is 0 Å². The molecule has 1 aliphatic rings. The number of benzene rings is 1. The van der Waals surface area contributed by atoms with Gasteiger partial charge in [0.25, 0.3) is 0 Å². The van der Waals surface area contributed by atoms with Gasteiger partial charge in [0.2, 0.25) is 0 Å². The molecule has 2 heterocycles. The summed E-state index contributed by atoms with van der Waals surface area (Å²) in [7, 11) is -1.10. The van der Waals surface area contributed by atoms with Crippen molar-refractivity contribution in [2.45, 2.75) is 6.10 Å². The summed E-state index contributed by atoms with van der Waals surface area (Å²) in [5.74, 6) is 1.41. The van der Waals surface area contributed by atoms with Gasteiger partial charge >= 0.3 is 0 Å². The number of nitrogens with zero attached hydrogens (tertiary/aromatic N) is 2. The number of rotatable bonds is 3. The number of aromatic nitrogens is 2. The smallest absolute Gasteiger partial charge is 0.157 e. The molecular weight excluding hydrogens is 278 g/mol. The Kier molecular flexibility index (Phi) is 2.93. The van der Waals surface area contributed by atoms with Gasteiger partial charge in [-0.25, -0.2) is 8.42 Å². The average molecular weight is 293 g/mol. The van der Waals surface area contributed by atoms with E-state index in [1.165, 1.54) is 0 Å². The summed E-state index contributed by atoms with van der Waals surface area (Å²) in [5, 5.41) is 4.30. The van der Waals surface area contributed by atoms with Crippen LogP contribution in [0.1, 0.15) is 0 Å². The van der Waals surface area contributed by atoms with E-state index in [2.05, 4.69) is 5.10 Å². The lowest BCUT2D eigenvalue weighted by molar-refractivity contribution is 0.230. The highest BCUT2D eigenvalue weighted by atomic mass is 32.2. The first-order valence-corrected chi connectivity index (χ1v) is 8.02. The number of aryl methyl sites for hydroxylation is 1. The minimum absolute atomic E-state index is 0.0910. The highest BCUT2D eigenvalue weighted by Crippen LogP contribution is 2.26. The van der Waals surface area contributed by atoms with Crippen molar-refractivity contribution in [2.24, 2.45) is 7.05 Å². The van der Waals surface area contributed by atoms with Gasteiger partial charge < -0.3 is 10.5 Å². The fourth-order valence-corrected chi connectivity index (χ4v) is 3.30. The van der Waals surface area contributed by atoms with Crippen molar-refractivity contribution in [2.75, 3.05) is 17.2 Å². The fourth-order valence-electron chi connectivity index (χ4n) is 2.13. The predicted molar refractivity (Wildman–Crippen MR) is 76.1 cm³/mol. The van der Waals surface area contributed by atoms with Gasteiger partial charge in [-0.3, -0.25) is 4.68 Å². The van der Waals surface area contributed by atoms with Crippen molar-refractivity contribution < 1.29 is 13.2 Å². The summed E-state index contributed by atoms with van der Waals surface area (Å²) in [6.07, 6.45) is -0.246. The third-order valence-corrected chi connectivity index (χ3v) is 4.99. The highest BCUT2D eigenvalue weighted by Gasteiger charge is 2.35. The summed E-state index contributed by atoms with van der Waals surface area (Å²) in [6.45, 7) is 0. The summed E-state index contributed by atoms with van der Waals surface area (Å²) in [6, 6.07) is 9.19. The molecule has 20 heavy (non-hydrogen) atoms. The minimum Gasteiger partial charge on any atom is -0.488 e. The molecule has 1 aromatic carbocycles. The maximum Gasteiger partial charge on any atom is 0.157 e. The van der Waals surface area contributed by atoms with Crippen molar-refractivity contribution in [3.05, 3.63) is 30.3 Å². The number of ether oxygens (including phenoxy) is 1. The highest BCUT2D eigenvalue weighted by molar-refractivity contribution is 7.92. The third-order valence-electron chi connectivity index (χ3n) is 3.23. The van der Waals surface area contributed by atoms with Crippen molar-refractivity contribution in [3.8, 4) is 17.0 Å². The molecule has 3 rings (SSSR count). The molecular formula is C13H15N3O3S. The van der Waals surface area contributed by atoms with E-state index in [4.69, 9.17) is 10.5 Å². The zero-order valence-electron chi connectivity index (χ0n) is 11.0. The first-order chi connectivity index (χ1) is 9.43. The lowest BCUT2D eigenvalue weighted by atomic mass is 10.1. The molecule has 1 aliphatic heterocycles. The van der Waals surface area contributed by atoms with Gasteiger partial charge in [-0.05, 0) is 12.1 Å². The molecule has 0 unspecified atom stereocenters. The van der Waals surface area contributed by atoms with Crippen LogP contribution in [0.2, 0.25) is 0 Å². The Morgan fingerprint density at radius 1 is 1.35 bits per heavy atom. The van der Waals surface area contributed by atoms with E-state index < -0.39 is 9.84 Å². The van der Waals surface area contributed by atoms with Crippen LogP contribution >= 0.6 is 0 Å². The summed E-state index contributed by atoms with van der Waals surface area (Å²) < 4.78 is 29.5. The number of nitrogen functional groups attached to an aromatic ring is 1. The molecule has 0 saturated carbocycles. The predicted octanol–water partition coefficient (Wildman–Crippen LogP) is 0.845. The van der Waals surface area contributed by atoms with Gasteiger partial charge in [-0.2, -0.15) is 5.10 Å². The van der Waals surface area contributed by atoms with Gasteiger partial charge in [0.05, 0.1) is 17.2 Å². The molecule has 0 spiro atoms. The fraction of sp³-hybridized carbons (Fsp3) is 0.308. The van der Waals surface area contributed by atoms with E-state index in [0.29, 0.717) is 11.6 Å². The second-order valence-electron chi connectivity index (χ2n) is 4.92. The normalized spacial score (nSPS) is 17.6. The van der Waals surface area contributed by atoms with Crippen LogP contribution in [0.5, 0.6) is 5.75 Å². The SMILES string of the molecule is Cn1nc(-c2cccc(OC3CS(=O)(=O)C3)c2)cc1N. The molecule has 1 aromatic heterocycles. The molecule has 0 bridgehead atoms. The second-order valence-corrected chi connectivity index (χ2v) is 7.08. The van der Waals surface area contributed by atoms with Gasteiger partial charge in [0, 0.05) is 18.7 Å². The first-order valence-electron chi connectivity index (χ1n) is 6.20. The minimum atomic E-state index is -2.87. The summed E-state index contributed by atoms with van der Waals surface area (Å²) in [5.41, 5.74) is 7.41. The van der Waals surface area contributed by atoms with E-state index in [-0.39, 0.29) is 17.6 Å². The Labute approximate surface area is 117 Å². The van der Waals surface area contributed by atoms with E-state index >= 15 is 0 Å². The van der Waals surface area contributed by atoms with Crippen LogP contribution in [-0.4, -0.2) is 35.8 Å². The van der Waals surface area contributed by atoms with Crippen LogP contribution in [-0.2, 0) is 16.9 Å². The van der Waals surface area contributed by atoms with Crippen LogP contribution < -0.4 is 10.5 Å². The summed E-state index contributed by atoms with van der Waals surface area (Å²) >= 11 is 0. The molecule has 2 aromatic rings. The maximum atomic E-state index is 11.1. The molecule has 1 fully saturated rings. The Hall–Kier alpha value is -2.02. The number of hydrogen-bond acceptors (Lipinski definition) is 5. The Morgan fingerprint density at radius 2 is 2.10 bits per heavy atom. The number of anilines is 1. The molecule has 0 atom stereocenters. The van der Waals surface area contributed by atoms with Crippen molar-refractivity contribution in [3.63, 3.8) is 0 Å². The third kappa shape index (κ3) is 2.49. The average Bonchev–Trinajstić information content (AvgIpc) is 2.68.